The fraction of sp³-hybridized carbons (Fsp3) is 0.353. The molecule has 0 amide bonds. The normalized spacial score (nSPS) is 19.0. The monoisotopic (exact) mass is 303 g/mol. The van der Waals surface area contributed by atoms with Crippen LogP contribution in [0.3, 0.4) is 0 Å². The van der Waals surface area contributed by atoms with Gasteiger partial charge in [-0.05, 0) is 57.0 Å². The van der Waals surface area contributed by atoms with Gasteiger partial charge in [0.1, 0.15) is 0 Å². The van der Waals surface area contributed by atoms with Gasteiger partial charge in [0.2, 0.25) is 10.0 Å². The van der Waals surface area contributed by atoms with Gasteiger partial charge >= 0.3 is 0 Å². The van der Waals surface area contributed by atoms with Gasteiger partial charge in [0.05, 0.1) is 4.90 Å². The summed E-state index contributed by atoms with van der Waals surface area (Å²) in [5.74, 6) is 0. The van der Waals surface area contributed by atoms with Crippen LogP contribution in [0, 0.1) is 6.92 Å². The summed E-state index contributed by atoms with van der Waals surface area (Å²) in [7, 11) is -3.45. The molecule has 0 fully saturated rings. The smallest absolute Gasteiger partial charge is 0.207 e. The molecule has 0 spiro atoms. The predicted octanol–water partition coefficient (Wildman–Crippen LogP) is 3.44. The van der Waals surface area contributed by atoms with E-state index in [2.05, 4.69) is 5.73 Å². The van der Waals surface area contributed by atoms with E-state index in [1.807, 2.05) is 52.0 Å². The van der Waals surface area contributed by atoms with Crippen molar-refractivity contribution in [1.82, 2.24) is 4.31 Å². The van der Waals surface area contributed by atoms with Crippen molar-refractivity contribution in [2.24, 2.45) is 0 Å². The van der Waals surface area contributed by atoms with Crippen LogP contribution in [-0.4, -0.2) is 25.3 Å². The lowest BCUT2D eigenvalue weighted by molar-refractivity contribution is 0.423. The maximum absolute atomic E-state index is 12.7. The third kappa shape index (κ3) is 3.35. The van der Waals surface area contributed by atoms with Gasteiger partial charge in [0.15, 0.2) is 0 Å². The maximum atomic E-state index is 12.7. The van der Waals surface area contributed by atoms with Crippen molar-refractivity contribution in [2.45, 2.75) is 38.6 Å². The first-order chi connectivity index (χ1) is 9.82. The van der Waals surface area contributed by atoms with E-state index in [-0.39, 0.29) is 6.04 Å². The molecule has 2 rings (SSSR count). The fourth-order valence-corrected chi connectivity index (χ4v) is 3.81. The highest BCUT2D eigenvalue weighted by molar-refractivity contribution is 7.89. The fourth-order valence-electron chi connectivity index (χ4n) is 2.25. The Bertz CT molecular complexity index is 717. The molecule has 0 saturated carbocycles. The van der Waals surface area contributed by atoms with Gasteiger partial charge < -0.3 is 0 Å². The summed E-state index contributed by atoms with van der Waals surface area (Å²) in [6.45, 7) is 8.20. The summed E-state index contributed by atoms with van der Waals surface area (Å²) in [5.41, 5.74) is 6.25. The van der Waals surface area contributed by atoms with Crippen molar-refractivity contribution in [3.63, 3.8) is 0 Å². The van der Waals surface area contributed by atoms with E-state index in [0.717, 1.165) is 16.7 Å². The largest absolute Gasteiger partial charge is 0.243 e. The minimum atomic E-state index is -3.45. The van der Waals surface area contributed by atoms with Crippen LogP contribution in [0.1, 0.15) is 26.3 Å². The molecule has 21 heavy (non-hydrogen) atoms. The van der Waals surface area contributed by atoms with E-state index in [1.54, 1.807) is 12.1 Å². The van der Waals surface area contributed by atoms with Crippen molar-refractivity contribution in [2.75, 3.05) is 6.54 Å². The molecular formula is C17H21NO2S. The highest BCUT2D eigenvalue weighted by atomic mass is 32.2. The number of benzene rings is 1. The van der Waals surface area contributed by atoms with E-state index < -0.39 is 10.0 Å². The molecule has 112 valence electrons. The topological polar surface area (TPSA) is 37.4 Å². The molecule has 0 aliphatic carbocycles. The molecule has 3 nitrogen and oxygen atoms in total. The number of sulfonamides is 1. The Morgan fingerprint density at radius 3 is 2.48 bits per heavy atom. The number of aryl methyl sites for hydroxylation is 1. The standard InChI is InChI=1S/C17H21NO2S/c1-13(2)5-8-16-11-12-18(15(16)4)21(19,20)17-9-6-14(3)7-10-17/h6-11,15H,12H2,1-4H3. The zero-order chi connectivity index (χ0) is 15.6. The lowest BCUT2D eigenvalue weighted by atomic mass is 10.1. The van der Waals surface area contributed by atoms with Gasteiger partial charge in [-0.1, -0.05) is 23.8 Å². The van der Waals surface area contributed by atoms with Gasteiger partial charge in [-0.3, -0.25) is 0 Å². The second-order valence-corrected chi connectivity index (χ2v) is 7.45. The number of hydrogen-bond acceptors (Lipinski definition) is 2. The van der Waals surface area contributed by atoms with Crippen molar-refractivity contribution >= 4 is 10.0 Å². The molecule has 1 atom stereocenters. The third-order valence-corrected chi connectivity index (χ3v) is 5.53. The molecule has 0 bridgehead atoms. The Labute approximate surface area is 127 Å². The van der Waals surface area contributed by atoms with E-state index in [4.69, 9.17) is 0 Å². The van der Waals surface area contributed by atoms with E-state index in [9.17, 15) is 8.42 Å². The minimum absolute atomic E-state index is 0.164. The lowest BCUT2D eigenvalue weighted by Crippen LogP contribution is -2.35. The molecule has 1 aromatic carbocycles. The molecule has 0 radical (unpaired) electrons. The summed E-state index contributed by atoms with van der Waals surface area (Å²) in [6, 6.07) is 6.82. The van der Waals surface area contributed by atoms with E-state index in [0.29, 0.717) is 11.4 Å². The number of hydrogen-bond donors (Lipinski definition) is 0. The quantitative estimate of drug-likeness (QED) is 0.802. The molecule has 0 aromatic heterocycles. The SMILES string of the molecule is CC(C)=C=CC1=CCN(S(=O)(=O)c2ccc(C)cc2)C1C. The van der Waals surface area contributed by atoms with Crippen molar-refractivity contribution < 1.29 is 8.42 Å². The second-order valence-electron chi connectivity index (χ2n) is 5.56. The zero-order valence-corrected chi connectivity index (χ0v) is 13.7. The summed E-state index contributed by atoms with van der Waals surface area (Å²) >= 11 is 0. The van der Waals surface area contributed by atoms with E-state index >= 15 is 0 Å². The van der Waals surface area contributed by atoms with Gasteiger partial charge in [-0.15, -0.1) is 5.73 Å². The van der Waals surface area contributed by atoms with Gasteiger partial charge in [0, 0.05) is 12.6 Å². The molecule has 1 aromatic rings. The van der Waals surface area contributed by atoms with Crippen molar-refractivity contribution in [3.05, 3.63) is 58.9 Å². The third-order valence-electron chi connectivity index (χ3n) is 3.58. The zero-order valence-electron chi connectivity index (χ0n) is 12.9. The van der Waals surface area contributed by atoms with Gasteiger partial charge in [0.25, 0.3) is 0 Å². The van der Waals surface area contributed by atoms with Gasteiger partial charge in [-0.25, -0.2) is 8.42 Å². The van der Waals surface area contributed by atoms with Crippen molar-refractivity contribution in [1.29, 1.82) is 0 Å². The van der Waals surface area contributed by atoms with Crippen LogP contribution in [0.4, 0.5) is 0 Å². The number of nitrogens with zero attached hydrogens (tertiary/aromatic N) is 1. The first-order valence-electron chi connectivity index (χ1n) is 7.01. The second kappa shape index (κ2) is 6.02. The molecule has 0 N–H and O–H groups in total. The molecule has 1 heterocycles. The lowest BCUT2D eigenvalue weighted by Gasteiger charge is -2.22. The highest BCUT2D eigenvalue weighted by Crippen LogP contribution is 2.26. The Hall–Kier alpha value is -1.61. The van der Waals surface area contributed by atoms with Crippen LogP contribution in [0.2, 0.25) is 0 Å². The molecule has 0 saturated heterocycles. The molecule has 4 heteroatoms. The Kier molecular flexibility index (Phi) is 4.52. The molecule has 1 aliphatic heterocycles. The Balaban J connectivity index is 2.28. The maximum Gasteiger partial charge on any atom is 0.243 e. The van der Waals surface area contributed by atoms with E-state index in [1.165, 1.54) is 4.31 Å². The highest BCUT2D eigenvalue weighted by Gasteiger charge is 2.33. The Morgan fingerprint density at radius 1 is 1.29 bits per heavy atom. The van der Waals surface area contributed by atoms with Crippen LogP contribution in [0.15, 0.2) is 58.2 Å². The molecule has 1 unspecified atom stereocenters. The van der Waals surface area contributed by atoms with Crippen molar-refractivity contribution in [3.8, 4) is 0 Å². The van der Waals surface area contributed by atoms with Crippen LogP contribution in [0.25, 0.3) is 0 Å². The summed E-state index contributed by atoms with van der Waals surface area (Å²) in [4.78, 5) is 0.348. The predicted molar refractivity (Wildman–Crippen MR) is 85.6 cm³/mol. The van der Waals surface area contributed by atoms with Crippen LogP contribution >= 0.6 is 0 Å². The average molecular weight is 303 g/mol. The molecular weight excluding hydrogens is 282 g/mol. The molecule has 1 aliphatic rings. The number of rotatable bonds is 3. The van der Waals surface area contributed by atoms with Crippen LogP contribution in [-0.2, 0) is 10.0 Å². The van der Waals surface area contributed by atoms with Gasteiger partial charge in [-0.2, -0.15) is 4.31 Å². The first kappa shape index (κ1) is 15.8. The van der Waals surface area contributed by atoms with Crippen LogP contribution < -0.4 is 0 Å². The summed E-state index contributed by atoms with van der Waals surface area (Å²) in [5, 5.41) is 0. The summed E-state index contributed by atoms with van der Waals surface area (Å²) < 4.78 is 26.9. The first-order valence-corrected chi connectivity index (χ1v) is 8.45. The Morgan fingerprint density at radius 2 is 1.90 bits per heavy atom. The average Bonchev–Trinajstić information content (AvgIpc) is 2.79. The minimum Gasteiger partial charge on any atom is -0.207 e. The van der Waals surface area contributed by atoms with Crippen LogP contribution in [0.5, 0.6) is 0 Å². The summed E-state index contributed by atoms with van der Waals surface area (Å²) in [6.07, 6.45) is 3.83.